The lowest BCUT2D eigenvalue weighted by Crippen LogP contribution is -2.36. The number of aromatic nitrogens is 2. The van der Waals surface area contributed by atoms with Crippen molar-refractivity contribution < 1.29 is 19.1 Å². The smallest absolute Gasteiger partial charge is 0.298 e. The lowest BCUT2D eigenvalue weighted by Gasteiger charge is -2.10. The first-order chi connectivity index (χ1) is 12.4. The highest BCUT2D eigenvalue weighted by Crippen LogP contribution is 2.28. The quantitative estimate of drug-likeness (QED) is 0.552. The number of carbonyl (C=O) groups excluding carboxylic acids is 1. The van der Waals surface area contributed by atoms with Crippen molar-refractivity contribution in [2.24, 2.45) is 0 Å². The van der Waals surface area contributed by atoms with Gasteiger partial charge in [0.2, 0.25) is 11.6 Å². The van der Waals surface area contributed by atoms with Gasteiger partial charge in [-0.25, -0.2) is 0 Å². The van der Waals surface area contributed by atoms with E-state index in [0.29, 0.717) is 11.4 Å². The van der Waals surface area contributed by atoms with E-state index in [0.717, 1.165) is 22.9 Å². The van der Waals surface area contributed by atoms with Crippen molar-refractivity contribution in [2.75, 3.05) is 5.32 Å². The second-order valence-corrected chi connectivity index (χ2v) is 7.36. The van der Waals surface area contributed by atoms with Crippen LogP contribution < -0.4 is 15.1 Å². The van der Waals surface area contributed by atoms with Crippen molar-refractivity contribution in [1.82, 2.24) is 5.27 Å². The molecule has 134 valence electrons. The van der Waals surface area contributed by atoms with Crippen LogP contribution in [0.5, 0.6) is 5.95 Å². The van der Waals surface area contributed by atoms with E-state index in [1.807, 2.05) is 62.4 Å². The number of thioether (sulfide) groups is 1. The molecule has 0 aliphatic rings. The molecule has 7 heteroatoms. The van der Waals surface area contributed by atoms with Crippen LogP contribution in [0.4, 0.5) is 5.69 Å². The number of nitrogens with zero attached hydrogens (tertiary/aromatic N) is 2. The van der Waals surface area contributed by atoms with Crippen LogP contribution in [0.3, 0.4) is 0 Å². The van der Waals surface area contributed by atoms with Gasteiger partial charge in [0, 0.05) is 17.8 Å². The van der Waals surface area contributed by atoms with Crippen LogP contribution in [0.15, 0.2) is 58.1 Å². The molecule has 1 N–H and O–H groups in total. The van der Waals surface area contributed by atoms with Crippen LogP contribution in [0.1, 0.15) is 18.1 Å². The van der Waals surface area contributed by atoms with Crippen LogP contribution >= 0.6 is 11.8 Å². The van der Waals surface area contributed by atoms with Gasteiger partial charge in [-0.2, -0.15) is 0 Å². The van der Waals surface area contributed by atoms with Gasteiger partial charge in [-0.05, 0) is 49.3 Å². The zero-order valence-electron chi connectivity index (χ0n) is 14.7. The van der Waals surface area contributed by atoms with Crippen molar-refractivity contribution in [2.45, 2.75) is 31.0 Å². The Morgan fingerprint density at radius 2 is 1.69 bits per heavy atom. The molecular weight excluding hydrogens is 350 g/mol. The minimum atomic E-state index is -0.564. The lowest BCUT2D eigenvalue weighted by atomic mass is 10.2. The van der Waals surface area contributed by atoms with E-state index in [2.05, 4.69) is 10.6 Å². The van der Waals surface area contributed by atoms with E-state index >= 15 is 0 Å². The van der Waals surface area contributed by atoms with E-state index in [4.69, 9.17) is 4.52 Å². The minimum absolute atomic E-state index is 0.199. The number of aryl methyl sites for hydroxylation is 2. The Balaban J connectivity index is 1.75. The predicted octanol–water partition coefficient (Wildman–Crippen LogP) is 2.76. The molecule has 1 heterocycles. The van der Waals surface area contributed by atoms with Gasteiger partial charge in [-0.3, -0.25) is 4.79 Å². The van der Waals surface area contributed by atoms with Crippen molar-refractivity contribution in [3.8, 4) is 11.6 Å². The fourth-order valence-corrected chi connectivity index (χ4v) is 3.16. The van der Waals surface area contributed by atoms with Crippen LogP contribution in [-0.4, -0.2) is 16.4 Å². The zero-order chi connectivity index (χ0) is 18.7. The molecule has 1 unspecified atom stereocenters. The second-order valence-electron chi connectivity index (χ2n) is 6.03. The molecule has 26 heavy (non-hydrogen) atoms. The van der Waals surface area contributed by atoms with Gasteiger partial charge in [-0.1, -0.05) is 35.4 Å². The second kappa shape index (κ2) is 7.61. The predicted molar refractivity (Wildman–Crippen MR) is 97.3 cm³/mol. The molecule has 1 atom stereocenters. The highest BCUT2D eigenvalue weighted by molar-refractivity contribution is 8.00. The first-order valence-corrected chi connectivity index (χ1v) is 9.02. The Kier molecular flexibility index (Phi) is 5.27. The first-order valence-electron chi connectivity index (χ1n) is 8.14. The van der Waals surface area contributed by atoms with Crippen LogP contribution in [-0.2, 0) is 4.79 Å². The maximum Gasteiger partial charge on any atom is 0.298 e. The van der Waals surface area contributed by atoms with Crippen molar-refractivity contribution >= 4 is 23.4 Å². The average Bonchev–Trinajstić information content (AvgIpc) is 2.98. The summed E-state index contributed by atoms with van der Waals surface area (Å²) in [7, 11) is 0. The van der Waals surface area contributed by atoms with Crippen molar-refractivity contribution in [3.05, 3.63) is 59.7 Å². The summed E-state index contributed by atoms with van der Waals surface area (Å²) in [5.74, 6) is -0.763. The molecule has 0 fully saturated rings. The molecule has 0 aliphatic heterocycles. The van der Waals surface area contributed by atoms with E-state index < -0.39 is 11.2 Å². The van der Waals surface area contributed by atoms with Crippen molar-refractivity contribution in [3.63, 3.8) is 0 Å². The summed E-state index contributed by atoms with van der Waals surface area (Å²) in [6.45, 7) is 5.69. The molecule has 2 aromatic carbocycles. The van der Waals surface area contributed by atoms with Gasteiger partial charge in [-0.15, -0.1) is 0 Å². The Morgan fingerprint density at radius 3 is 2.31 bits per heavy atom. The van der Waals surface area contributed by atoms with Gasteiger partial charge in [0.25, 0.3) is 5.03 Å². The average molecular weight is 369 g/mol. The highest BCUT2D eigenvalue weighted by Gasteiger charge is 2.26. The number of carbonyl (C=O) groups is 1. The minimum Gasteiger partial charge on any atom is -0.538 e. The van der Waals surface area contributed by atoms with Gasteiger partial charge >= 0.3 is 0 Å². The molecule has 1 aromatic heterocycles. The van der Waals surface area contributed by atoms with E-state index in [-0.39, 0.29) is 10.9 Å². The number of nitrogens with one attached hydrogen (secondary N) is 1. The Bertz CT molecular complexity index is 905. The molecule has 0 saturated heterocycles. The summed E-state index contributed by atoms with van der Waals surface area (Å²) in [5, 5.41) is 18.4. The highest BCUT2D eigenvalue weighted by atomic mass is 32.2. The summed E-state index contributed by atoms with van der Waals surface area (Å²) in [5.41, 5.74) is 3.63. The van der Waals surface area contributed by atoms with E-state index in [1.54, 1.807) is 6.92 Å². The third-order valence-electron chi connectivity index (χ3n) is 3.83. The fourth-order valence-electron chi connectivity index (χ4n) is 2.29. The molecule has 6 nitrogen and oxygen atoms in total. The summed E-state index contributed by atoms with van der Waals surface area (Å²) in [6, 6.07) is 15.1. The maximum atomic E-state index is 12.4. The van der Waals surface area contributed by atoms with Gasteiger partial charge in [0.1, 0.15) is 0 Å². The maximum absolute atomic E-state index is 12.4. The van der Waals surface area contributed by atoms with E-state index in [1.165, 1.54) is 4.68 Å². The Hall–Kier alpha value is -2.80. The molecule has 0 spiro atoms. The van der Waals surface area contributed by atoms with Gasteiger partial charge in [0.05, 0.1) is 10.5 Å². The number of amides is 1. The Morgan fingerprint density at radius 1 is 1.12 bits per heavy atom. The molecule has 0 aliphatic carbocycles. The van der Waals surface area contributed by atoms with Crippen LogP contribution in [0.25, 0.3) is 5.69 Å². The summed E-state index contributed by atoms with van der Waals surface area (Å²) in [4.78, 5) is 12.4. The van der Waals surface area contributed by atoms with Gasteiger partial charge < -0.3 is 14.9 Å². The topological polar surface area (TPSA) is 82.1 Å². The lowest BCUT2D eigenvalue weighted by molar-refractivity contribution is -0.705. The molecule has 3 rings (SSSR count). The fraction of sp³-hybridized carbons (Fsp3) is 0.211. The molecule has 1 amide bonds. The standard InChI is InChI=1S/C19H19N3O3S/c1-12-4-8-15(9-5-12)20-17(23)14(3)26-18-19(24)25-21-22(18)16-10-6-13(2)7-11-16/h4-11,14H,1-3H3,(H-,20,21,23,24). The number of rotatable bonds is 5. The first kappa shape index (κ1) is 18.0. The molecule has 3 aromatic rings. The number of hydrogen-bond acceptors (Lipinski definition) is 5. The SMILES string of the molecule is Cc1ccc(NC(=O)C(C)Sc2c([O-])on[n+]2-c2ccc(C)cc2)cc1. The molecule has 0 saturated carbocycles. The molecule has 0 radical (unpaired) electrons. The summed E-state index contributed by atoms with van der Waals surface area (Å²) in [6.07, 6.45) is 0. The third-order valence-corrected chi connectivity index (χ3v) is 4.96. The number of hydrogen-bond donors (Lipinski definition) is 1. The van der Waals surface area contributed by atoms with Crippen LogP contribution in [0, 0.1) is 13.8 Å². The normalized spacial score (nSPS) is 12.0. The number of anilines is 1. The monoisotopic (exact) mass is 369 g/mol. The largest absolute Gasteiger partial charge is 0.538 e. The van der Waals surface area contributed by atoms with Crippen LogP contribution in [0.2, 0.25) is 0 Å². The molecule has 0 bridgehead atoms. The zero-order valence-corrected chi connectivity index (χ0v) is 15.5. The van der Waals surface area contributed by atoms with Crippen molar-refractivity contribution in [1.29, 1.82) is 0 Å². The van der Waals surface area contributed by atoms with Gasteiger partial charge in [0.15, 0.2) is 5.95 Å². The molecular formula is C19H19N3O3S. The van der Waals surface area contributed by atoms with E-state index in [9.17, 15) is 9.90 Å². The Labute approximate surface area is 155 Å². The summed E-state index contributed by atoms with van der Waals surface area (Å²) >= 11 is 1.12. The number of benzene rings is 2. The summed E-state index contributed by atoms with van der Waals surface area (Å²) < 4.78 is 6.22. The third kappa shape index (κ3) is 4.05.